The first-order valence-corrected chi connectivity index (χ1v) is 9.99. The number of aromatic nitrogens is 5. The number of nitrogens with one attached hydrogen (secondary N) is 1. The molecule has 0 spiro atoms. The van der Waals surface area contributed by atoms with Gasteiger partial charge in [-0.1, -0.05) is 35.5 Å². The van der Waals surface area contributed by atoms with Gasteiger partial charge in [-0.15, -0.1) is 0 Å². The van der Waals surface area contributed by atoms with E-state index in [0.717, 1.165) is 9.25 Å². The van der Waals surface area contributed by atoms with E-state index in [-0.39, 0.29) is 36.2 Å². The molecule has 0 aliphatic rings. The summed E-state index contributed by atoms with van der Waals surface area (Å²) in [6.45, 7) is 0. The standard InChI is InChI=1S/C22H20N6O5/c1-27-21(30)19(25-28(22(27)31)14-8-4-3-5-9-14)20-24-18(33-26-20)13-12-17(29)23-15-10-6-7-11-16(15)32-2/h3-11H,12-13H2,1-2H3,(H,23,29). The van der Waals surface area contributed by atoms with E-state index in [1.54, 1.807) is 54.6 Å². The second-order valence-corrected chi connectivity index (χ2v) is 7.00. The molecule has 2 heterocycles. The minimum Gasteiger partial charge on any atom is -0.495 e. The number of para-hydroxylation sites is 3. The van der Waals surface area contributed by atoms with Gasteiger partial charge in [0.25, 0.3) is 5.56 Å². The maximum absolute atomic E-state index is 12.6. The van der Waals surface area contributed by atoms with Crippen molar-refractivity contribution in [1.82, 2.24) is 24.5 Å². The van der Waals surface area contributed by atoms with Crippen LogP contribution in [0.3, 0.4) is 0 Å². The summed E-state index contributed by atoms with van der Waals surface area (Å²) in [5.74, 6) is 0.356. The molecule has 168 valence electrons. The summed E-state index contributed by atoms with van der Waals surface area (Å²) >= 11 is 0. The van der Waals surface area contributed by atoms with Gasteiger partial charge < -0.3 is 14.6 Å². The summed E-state index contributed by atoms with van der Waals surface area (Å²) in [6, 6.07) is 15.7. The van der Waals surface area contributed by atoms with Gasteiger partial charge in [0.05, 0.1) is 18.5 Å². The summed E-state index contributed by atoms with van der Waals surface area (Å²) in [5, 5.41) is 10.7. The molecule has 0 saturated heterocycles. The van der Waals surface area contributed by atoms with Gasteiger partial charge in [0.15, 0.2) is 5.69 Å². The van der Waals surface area contributed by atoms with E-state index in [1.165, 1.54) is 14.2 Å². The van der Waals surface area contributed by atoms with E-state index in [4.69, 9.17) is 9.26 Å². The first-order valence-electron chi connectivity index (χ1n) is 9.99. The van der Waals surface area contributed by atoms with E-state index < -0.39 is 11.2 Å². The Morgan fingerprint density at radius 3 is 2.58 bits per heavy atom. The molecule has 11 heteroatoms. The van der Waals surface area contributed by atoms with Crippen molar-refractivity contribution in [2.45, 2.75) is 12.8 Å². The number of methoxy groups -OCH3 is 1. The molecule has 0 atom stereocenters. The minimum atomic E-state index is -0.659. The molecular weight excluding hydrogens is 428 g/mol. The molecule has 0 bridgehead atoms. The third kappa shape index (κ3) is 4.56. The summed E-state index contributed by atoms with van der Waals surface area (Å²) in [4.78, 5) is 41.6. The highest BCUT2D eigenvalue weighted by Gasteiger charge is 2.19. The van der Waals surface area contributed by atoms with Crippen LogP contribution < -0.4 is 21.3 Å². The van der Waals surface area contributed by atoms with Crippen LogP contribution in [0, 0.1) is 0 Å². The maximum atomic E-state index is 12.6. The van der Waals surface area contributed by atoms with Crippen LogP contribution >= 0.6 is 0 Å². The molecule has 4 aromatic rings. The summed E-state index contributed by atoms with van der Waals surface area (Å²) in [5.41, 5.74) is -0.377. The molecule has 33 heavy (non-hydrogen) atoms. The Morgan fingerprint density at radius 1 is 1.09 bits per heavy atom. The number of rotatable bonds is 7. The Bertz CT molecular complexity index is 1410. The highest BCUT2D eigenvalue weighted by atomic mass is 16.5. The number of amides is 1. The smallest absolute Gasteiger partial charge is 0.351 e. The fourth-order valence-corrected chi connectivity index (χ4v) is 3.08. The molecule has 0 unspecified atom stereocenters. The van der Waals surface area contributed by atoms with Gasteiger partial charge in [0.2, 0.25) is 17.6 Å². The molecule has 4 rings (SSSR count). The lowest BCUT2D eigenvalue weighted by molar-refractivity contribution is -0.116. The first-order chi connectivity index (χ1) is 16.0. The zero-order valence-electron chi connectivity index (χ0n) is 17.9. The molecule has 1 amide bonds. The molecule has 0 radical (unpaired) electrons. The molecule has 11 nitrogen and oxygen atoms in total. The lowest BCUT2D eigenvalue weighted by atomic mass is 10.2. The molecule has 0 saturated carbocycles. The SMILES string of the molecule is COc1ccccc1NC(=O)CCc1nc(-c2nn(-c3ccccc3)c(=O)n(C)c2=O)no1. The van der Waals surface area contributed by atoms with E-state index in [1.807, 2.05) is 0 Å². The molecule has 0 aliphatic heterocycles. The van der Waals surface area contributed by atoms with Crippen molar-refractivity contribution in [2.24, 2.45) is 7.05 Å². The van der Waals surface area contributed by atoms with Gasteiger partial charge in [-0.2, -0.15) is 14.8 Å². The summed E-state index contributed by atoms with van der Waals surface area (Å²) in [7, 11) is 2.86. The average molecular weight is 448 g/mol. The normalized spacial score (nSPS) is 10.7. The van der Waals surface area contributed by atoms with Gasteiger partial charge in [0.1, 0.15) is 5.75 Å². The van der Waals surface area contributed by atoms with Gasteiger partial charge in [-0.25, -0.2) is 4.79 Å². The summed E-state index contributed by atoms with van der Waals surface area (Å²) < 4.78 is 12.4. The molecule has 0 aliphatic carbocycles. The minimum absolute atomic E-state index is 0.0641. The zero-order chi connectivity index (χ0) is 23.4. The van der Waals surface area contributed by atoms with Crippen LogP contribution in [0.15, 0.2) is 68.7 Å². The van der Waals surface area contributed by atoms with Crippen LogP contribution in [0.5, 0.6) is 5.75 Å². The van der Waals surface area contributed by atoms with Crippen molar-refractivity contribution >= 4 is 11.6 Å². The van der Waals surface area contributed by atoms with Crippen LogP contribution in [0.25, 0.3) is 17.2 Å². The number of carbonyl (C=O) groups excluding carboxylic acids is 1. The lowest BCUT2D eigenvalue weighted by Crippen LogP contribution is -2.40. The van der Waals surface area contributed by atoms with Crippen molar-refractivity contribution in [2.75, 3.05) is 12.4 Å². The fourth-order valence-electron chi connectivity index (χ4n) is 3.08. The van der Waals surface area contributed by atoms with Gasteiger partial charge in [-0.3, -0.25) is 14.2 Å². The van der Waals surface area contributed by atoms with Crippen molar-refractivity contribution in [3.63, 3.8) is 0 Å². The van der Waals surface area contributed by atoms with E-state index in [0.29, 0.717) is 17.1 Å². The number of anilines is 1. The van der Waals surface area contributed by atoms with Crippen LogP contribution in [0.4, 0.5) is 5.69 Å². The Labute approximate surface area is 187 Å². The second kappa shape index (κ2) is 9.30. The fraction of sp³-hybridized carbons (Fsp3) is 0.182. The largest absolute Gasteiger partial charge is 0.495 e. The molecule has 0 fully saturated rings. The van der Waals surface area contributed by atoms with Crippen molar-refractivity contribution < 1.29 is 14.1 Å². The topological polar surface area (TPSA) is 134 Å². The van der Waals surface area contributed by atoms with Gasteiger partial charge in [0, 0.05) is 19.9 Å². The maximum Gasteiger partial charge on any atom is 0.351 e. The number of aryl methyl sites for hydroxylation is 1. The third-order valence-electron chi connectivity index (χ3n) is 4.80. The Kier molecular flexibility index (Phi) is 6.11. The average Bonchev–Trinajstić information content (AvgIpc) is 3.31. The quantitative estimate of drug-likeness (QED) is 0.450. The highest BCUT2D eigenvalue weighted by Crippen LogP contribution is 2.23. The van der Waals surface area contributed by atoms with Crippen LogP contribution in [-0.2, 0) is 18.3 Å². The molecule has 1 N–H and O–H groups in total. The van der Waals surface area contributed by atoms with Gasteiger partial charge in [-0.05, 0) is 24.3 Å². The number of carbonyl (C=O) groups is 1. The number of benzene rings is 2. The van der Waals surface area contributed by atoms with E-state index in [9.17, 15) is 14.4 Å². The number of hydrogen-bond donors (Lipinski definition) is 1. The third-order valence-corrected chi connectivity index (χ3v) is 4.80. The molecule has 2 aromatic carbocycles. The Morgan fingerprint density at radius 2 is 1.82 bits per heavy atom. The van der Waals surface area contributed by atoms with Crippen LogP contribution in [-0.4, -0.2) is 37.5 Å². The van der Waals surface area contributed by atoms with E-state index >= 15 is 0 Å². The summed E-state index contributed by atoms with van der Waals surface area (Å²) in [6.07, 6.45) is 0.210. The second-order valence-electron chi connectivity index (χ2n) is 7.00. The van der Waals surface area contributed by atoms with Crippen LogP contribution in [0.1, 0.15) is 12.3 Å². The predicted molar refractivity (Wildman–Crippen MR) is 118 cm³/mol. The van der Waals surface area contributed by atoms with Crippen molar-refractivity contribution in [3.05, 3.63) is 81.3 Å². The first kappa shape index (κ1) is 21.7. The molecule has 2 aromatic heterocycles. The Balaban J connectivity index is 1.53. The van der Waals surface area contributed by atoms with Crippen molar-refractivity contribution in [3.8, 4) is 23.0 Å². The van der Waals surface area contributed by atoms with Gasteiger partial charge >= 0.3 is 5.69 Å². The van der Waals surface area contributed by atoms with E-state index in [2.05, 4.69) is 20.6 Å². The molecular formula is C22H20N6O5. The van der Waals surface area contributed by atoms with Crippen LogP contribution in [0.2, 0.25) is 0 Å². The Hall–Kier alpha value is -4.54. The number of hydrogen-bond acceptors (Lipinski definition) is 8. The highest BCUT2D eigenvalue weighted by molar-refractivity contribution is 5.92. The van der Waals surface area contributed by atoms with Crippen molar-refractivity contribution in [1.29, 1.82) is 0 Å². The monoisotopic (exact) mass is 448 g/mol. The lowest BCUT2D eigenvalue weighted by Gasteiger charge is -2.09. The predicted octanol–water partition coefficient (Wildman–Crippen LogP) is 1.56. The number of nitrogens with zero attached hydrogens (tertiary/aromatic N) is 5. The zero-order valence-corrected chi connectivity index (χ0v) is 17.9. The number of ether oxygens (including phenoxy) is 1.